The van der Waals surface area contributed by atoms with Crippen LogP contribution in [0.2, 0.25) is 0 Å². The monoisotopic (exact) mass is 614 g/mol. The summed E-state index contributed by atoms with van der Waals surface area (Å²) in [6, 6.07) is 11.4. The van der Waals surface area contributed by atoms with E-state index in [1.165, 1.54) is 67.8 Å². The number of nitro groups is 1. The topological polar surface area (TPSA) is 205 Å². The number of carbonyl (C=O) groups excluding carboxylic acids is 2. The van der Waals surface area contributed by atoms with Gasteiger partial charge in [0.15, 0.2) is 0 Å². The molecule has 14 heteroatoms. The van der Waals surface area contributed by atoms with Crippen LogP contribution in [0.5, 0.6) is 0 Å². The average Bonchev–Trinajstić information content (AvgIpc) is 3.02. The standard InChI is InChI=1S/C31H30N6O8/c1-19-25(29(40)41)31(23-8-3-9-24(16-23)37(44)45,10-13-34-27(38)21-6-4-11-32-17-21)26(30(42)43)20(2)36(19)15-14-35-28(39)22-7-5-12-33-18-22/h3-9,11-12,16-18H,10,13-15H2,1-2H3,(H,34,38)(H,35,39)(H,40,41)(H,42,43). The van der Waals surface area contributed by atoms with Crippen LogP contribution in [0.3, 0.4) is 0 Å². The van der Waals surface area contributed by atoms with Crippen molar-refractivity contribution >= 4 is 29.4 Å². The van der Waals surface area contributed by atoms with E-state index in [9.17, 15) is 39.5 Å². The van der Waals surface area contributed by atoms with Gasteiger partial charge in [0, 0.05) is 67.9 Å². The molecule has 3 heterocycles. The molecule has 0 unspecified atom stereocenters. The van der Waals surface area contributed by atoms with Gasteiger partial charge in [-0.15, -0.1) is 0 Å². The van der Waals surface area contributed by atoms with Crippen molar-refractivity contribution in [1.29, 1.82) is 0 Å². The lowest BCUT2D eigenvalue weighted by atomic mass is 9.63. The Morgan fingerprint density at radius 2 is 1.38 bits per heavy atom. The smallest absolute Gasteiger partial charge is 0.334 e. The van der Waals surface area contributed by atoms with Gasteiger partial charge in [-0.25, -0.2) is 9.59 Å². The molecule has 0 spiro atoms. The highest BCUT2D eigenvalue weighted by Crippen LogP contribution is 2.50. The Bertz CT molecular complexity index is 1670. The van der Waals surface area contributed by atoms with E-state index in [4.69, 9.17) is 0 Å². The van der Waals surface area contributed by atoms with Crippen LogP contribution in [0.4, 0.5) is 5.69 Å². The summed E-state index contributed by atoms with van der Waals surface area (Å²) in [6.45, 7) is 2.86. The number of aliphatic carboxylic acids is 2. The number of hydrogen-bond acceptors (Lipinski definition) is 9. The molecule has 0 atom stereocenters. The molecule has 2 aromatic heterocycles. The molecule has 232 valence electrons. The number of carboxylic acid groups (broad SMARTS) is 2. The van der Waals surface area contributed by atoms with Gasteiger partial charge in [-0.3, -0.25) is 29.7 Å². The summed E-state index contributed by atoms with van der Waals surface area (Å²) in [7, 11) is 0. The molecule has 0 fully saturated rings. The van der Waals surface area contributed by atoms with Crippen molar-refractivity contribution in [3.8, 4) is 0 Å². The molecule has 2 amide bonds. The van der Waals surface area contributed by atoms with Gasteiger partial charge in [-0.05, 0) is 50.1 Å². The van der Waals surface area contributed by atoms with E-state index in [0.29, 0.717) is 5.56 Å². The van der Waals surface area contributed by atoms with E-state index in [2.05, 4.69) is 20.6 Å². The zero-order valence-corrected chi connectivity index (χ0v) is 24.4. The Balaban J connectivity index is 1.79. The maximum atomic E-state index is 13.1. The summed E-state index contributed by atoms with van der Waals surface area (Å²) in [4.78, 5) is 71.9. The number of aromatic nitrogens is 2. The second kappa shape index (κ2) is 13.6. The maximum absolute atomic E-state index is 13.1. The largest absolute Gasteiger partial charge is 0.478 e. The second-order valence-electron chi connectivity index (χ2n) is 10.1. The van der Waals surface area contributed by atoms with Gasteiger partial charge in [-0.1, -0.05) is 12.1 Å². The number of nitrogens with zero attached hydrogens (tertiary/aromatic N) is 4. The number of nitrogens with one attached hydrogen (secondary N) is 2. The highest BCUT2D eigenvalue weighted by molar-refractivity contribution is 6.01. The molecule has 3 aromatic rings. The van der Waals surface area contributed by atoms with Crippen LogP contribution in [-0.2, 0) is 15.0 Å². The lowest BCUT2D eigenvalue weighted by Crippen LogP contribution is -2.48. The Labute approximate surface area is 257 Å². The molecule has 45 heavy (non-hydrogen) atoms. The van der Waals surface area contributed by atoms with Crippen molar-refractivity contribution in [2.75, 3.05) is 19.6 Å². The molecule has 4 rings (SSSR count). The van der Waals surface area contributed by atoms with E-state index in [-0.39, 0.29) is 65.4 Å². The summed E-state index contributed by atoms with van der Waals surface area (Å²) in [5.41, 5.74) is -2.00. The highest BCUT2D eigenvalue weighted by Gasteiger charge is 2.52. The predicted molar refractivity (Wildman–Crippen MR) is 160 cm³/mol. The molecule has 0 bridgehead atoms. The Morgan fingerprint density at radius 1 is 0.844 bits per heavy atom. The third-order valence-electron chi connectivity index (χ3n) is 7.62. The average molecular weight is 615 g/mol. The van der Waals surface area contributed by atoms with E-state index in [0.717, 1.165) is 6.07 Å². The summed E-state index contributed by atoms with van der Waals surface area (Å²) in [5, 5.41) is 38.4. The fraction of sp³-hybridized carbons (Fsp3) is 0.226. The zero-order valence-electron chi connectivity index (χ0n) is 24.4. The Morgan fingerprint density at radius 3 is 1.84 bits per heavy atom. The number of non-ortho nitro benzene ring substituents is 1. The molecule has 0 radical (unpaired) electrons. The number of carbonyl (C=O) groups is 4. The molecule has 1 aliphatic heterocycles. The third-order valence-corrected chi connectivity index (χ3v) is 7.62. The van der Waals surface area contributed by atoms with Crippen molar-refractivity contribution in [2.45, 2.75) is 25.7 Å². The summed E-state index contributed by atoms with van der Waals surface area (Å²) >= 11 is 0. The normalized spacial score (nSPS) is 14.1. The van der Waals surface area contributed by atoms with Crippen LogP contribution >= 0.6 is 0 Å². The lowest BCUT2D eigenvalue weighted by Gasteiger charge is -2.45. The first-order chi connectivity index (χ1) is 21.5. The van der Waals surface area contributed by atoms with Crippen LogP contribution in [-0.4, -0.2) is 73.4 Å². The Hall–Kier alpha value is -5.92. The van der Waals surface area contributed by atoms with E-state index >= 15 is 0 Å². The number of hydrogen-bond donors (Lipinski definition) is 4. The molecule has 14 nitrogen and oxygen atoms in total. The first kappa shape index (κ1) is 32.0. The highest BCUT2D eigenvalue weighted by atomic mass is 16.6. The molecule has 4 N–H and O–H groups in total. The van der Waals surface area contributed by atoms with Crippen molar-refractivity contribution in [3.05, 3.63) is 123 Å². The summed E-state index contributed by atoms with van der Waals surface area (Å²) < 4.78 is 0. The van der Waals surface area contributed by atoms with Crippen LogP contribution in [0, 0.1) is 10.1 Å². The number of pyridine rings is 2. The fourth-order valence-electron chi connectivity index (χ4n) is 5.69. The number of benzene rings is 1. The SMILES string of the molecule is CC1=C(C(=O)O)C(CCNC(=O)c2cccnc2)(c2cccc([N+](=O)[O-])c2)C(C(=O)O)=C(C)N1CCNC(=O)c1cccnc1. The number of rotatable bonds is 12. The first-order valence-electron chi connectivity index (χ1n) is 13.8. The second-order valence-corrected chi connectivity index (χ2v) is 10.1. The van der Waals surface area contributed by atoms with E-state index in [1.807, 2.05) is 0 Å². The number of allylic oxidation sites excluding steroid dienone is 2. The molecule has 1 aromatic carbocycles. The van der Waals surface area contributed by atoms with Crippen LogP contribution in [0.1, 0.15) is 46.5 Å². The van der Waals surface area contributed by atoms with Crippen LogP contribution in [0.25, 0.3) is 0 Å². The zero-order chi connectivity index (χ0) is 32.7. The van der Waals surface area contributed by atoms with Gasteiger partial charge in [0.2, 0.25) is 0 Å². The Kier molecular flexibility index (Phi) is 9.66. The van der Waals surface area contributed by atoms with Crippen molar-refractivity contribution in [2.24, 2.45) is 0 Å². The lowest BCUT2D eigenvalue weighted by molar-refractivity contribution is -0.385. The van der Waals surface area contributed by atoms with Crippen molar-refractivity contribution < 1.29 is 34.3 Å². The van der Waals surface area contributed by atoms with Gasteiger partial charge >= 0.3 is 11.9 Å². The van der Waals surface area contributed by atoms with Gasteiger partial charge in [0.05, 0.1) is 32.6 Å². The predicted octanol–water partition coefficient (Wildman–Crippen LogP) is 2.91. The van der Waals surface area contributed by atoms with Crippen LogP contribution in [0.15, 0.2) is 95.9 Å². The number of nitro benzene ring substituents is 1. The van der Waals surface area contributed by atoms with Crippen LogP contribution < -0.4 is 10.6 Å². The van der Waals surface area contributed by atoms with Gasteiger partial charge in [0.25, 0.3) is 17.5 Å². The molecule has 0 aliphatic carbocycles. The molecular formula is C31H30N6O8. The van der Waals surface area contributed by atoms with E-state index < -0.39 is 34.1 Å². The third kappa shape index (κ3) is 6.54. The van der Waals surface area contributed by atoms with Gasteiger partial charge in [-0.2, -0.15) is 0 Å². The van der Waals surface area contributed by atoms with Gasteiger partial charge in [0.1, 0.15) is 0 Å². The minimum atomic E-state index is -1.92. The molecule has 0 saturated carbocycles. The number of amides is 2. The minimum absolute atomic E-state index is 0.0139. The maximum Gasteiger partial charge on any atom is 0.334 e. The first-order valence-corrected chi connectivity index (χ1v) is 13.8. The van der Waals surface area contributed by atoms with E-state index in [1.54, 1.807) is 18.2 Å². The molecular weight excluding hydrogens is 584 g/mol. The van der Waals surface area contributed by atoms with Gasteiger partial charge < -0.3 is 25.7 Å². The quantitative estimate of drug-likeness (QED) is 0.172. The van der Waals surface area contributed by atoms with Crippen molar-refractivity contribution in [3.63, 3.8) is 0 Å². The summed E-state index contributed by atoms with van der Waals surface area (Å²) in [6.07, 6.45) is 5.48. The molecule has 0 saturated heterocycles. The van der Waals surface area contributed by atoms with Crippen molar-refractivity contribution in [1.82, 2.24) is 25.5 Å². The minimum Gasteiger partial charge on any atom is -0.478 e. The number of carboxylic acids is 2. The summed E-state index contributed by atoms with van der Waals surface area (Å²) in [5.74, 6) is -3.84. The fourth-order valence-corrected chi connectivity index (χ4v) is 5.69. The molecule has 1 aliphatic rings.